The molecule has 1 spiro atoms. The average Bonchev–Trinajstić information content (AvgIpc) is 3.43. The highest BCUT2D eigenvalue weighted by molar-refractivity contribution is 5.70. The molecule has 0 amide bonds. The Labute approximate surface area is 177 Å². The number of rotatable bonds is 3. The number of nitrogens with zero attached hydrogens (tertiary/aromatic N) is 1. The van der Waals surface area contributed by atoms with Crippen LogP contribution in [0.5, 0.6) is 5.75 Å². The molecule has 30 heavy (non-hydrogen) atoms. The van der Waals surface area contributed by atoms with E-state index in [1.165, 1.54) is 0 Å². The van der Waals surface area contributed by atoms with Gasteiger partial charge in [0.05, 0.1) is 26.7 Å². The number of hydrogen-bond acceptors (Lipinski definition) is 7. The Morgan fingerprint density at radius 2 is 1.83 bits per heavy atom. The molecule has 1 aromatic carbocycles. The van der Waals surface area contributed by atoms with Gasteiger partial charge in [-0.2, -0.15) is 0 Å². The summed E-state index contributed by atoms with van der Waals surface area (Å²) in [5.74, 6) is 0.134. The molecule has 2 saturated heterocycles. The number of carbonyl (C=O) groups excluding carboxylic acids is 1. The van der Waals surface area contributed by atoms with Gasteiger partial charge in [-0.1, -0.05) is 24.3 Å². The maximum absolute atomic E-state index is 12.4. The summed E-state index contributed by atoms with van der Waals surface area (Å²) in [6, 6.07) is 7.77. The molecule has 0 radical (unpaired) electrons. The summed E-state index contributed by atoms with van der Waals surface area (Å²) in [6.45, 7) is 1.62. The van der Waals surface area contributed by atoms with Crippen molar-refractivity contribution in [1.82, 2.24) is 5.06 Å². The molecule has 164 valence electrons. The lowest BCUT2D eigenvalue weighted by atomic mass is 9.98. The molecule has 3 unspecified atom stereocenters. The predicted molar refractivity (Wildman–Crippen MR) is 110 cm³/mol. The second kappa shape index (κ2) is 9.92. The molecule has 3 heterocycles. The van der Waals surface area contributed by atoms with Gasteiger partial charge in [0, 0.05) is 18.9 Å². The maximum Gasteiger partial charge on any atom is 0.307 e. The number of benzene rings is 1. The van der Waals surface area contributed by atoms with Crippen molar-refractivity contribution in [2.24, 2.45) is 0 Å². The standard InChI is InChI=1S/C23H31NO6/c1-26-20-10-8-18(9-11-20)22-24(30-22)19-7-6-13-23(28-15-16-29-23)12-4-2-3-5-14-27-21(25)17-19/h3,5,8-11,19,22H,2,4,6-7,12-17H2,1H3. The minimum Gasteiger partial charge on any atom is -0.497 e. The number of hydroxylamine groups is 2. The monoisotopic (exact) mass is 417 g/mol. The summed E-state index contributed by atoms with van der Waals surface area (Å²) >= 11 is 0. The highest BCUT2D eigenvalue weighted by Gasteiger charge is 2.44. The number of ether oxygens (including phenoxy) is 4. The van der Waals surface area contributed by atoms with Crippen LogP contribution >= 0.6 is 0 Å². The molecule has 7 heteroatoms. The van der Waals surface area contributed by atoms with E-state index in [2.05, 4.69) is 6.08 Å². The first kappa shape index (κ1) is 21.3. The molecule has 3 atom stereocenters. The molecule has 0 N–H and O–H groups in total. The van der Waals surface area contributed by atoms with Crippen molar-refractivity contribution in [1.29, 1.82) is 0 Å². The van der Waals surface area contributed by atoms with Gasteiger partial charge in [0.15, 0.2) is 12.0 Å². The lowest BCUT2D eigenvalue weighted by Crippen LogP contribution is -2.31. The first-order valence-corrected chi connectivity index (χ1v) is 10.9. The Kier molecular flexibility index (Phi) is 7.04. The third kappa shape index (κ3) is 5.40. The highest BCUT2D eigenvalue weighted by atomic mass is 16.8. The molecule has 0 aromatic heterocycles. The molecule has 3 aliphatic rings. The zero-order chi connectivity index (χ0) is 20.8. The number of methoxy groups -OCH3 is 1. The van der Waals surface area contributed by atoms with E-state index < -0.39 is 5.79 Å². The van der Waals surface area contributed by atoms with Gasteiger partial charge >= 0.3 is 5.97 Å². The smallest absolute Gasteiger partial charge is 0.307 e. The number of carbonyl (C=O) groups is 1. The molecule has 4 rings (SSSR count). The first-order chi connectivity index (χ1) is 14.7. The van der Waals surface area contributed by atoms with E-state index in [9.17, 15) is 4.79 Å². The fraction of sp³-hybridized carbons (Fsp3) is 0.609. The number of hydrogen-bond donors (Lipinski definition) is 0. The number of esters is 1. The first-order valence-electron chi connectivity index (χ1n) is 10.9. The number of allylic oxidation sites excluding steroid dienone is 1. The van der Waals surface area contributed by atoms with Gasteiger partial charge in [-0.05, 0) is 43.4 Å². The Morgan fingerprint density at radius 3 is 2.60 bits per heavy atom. The zero-order valence-corrected chi connectivity index (χ0v) is 17.6. The second-order valence-electron chi connectivity index (χ2n) is 8.00. The lowest BCUT2D eigenvalue weighted by Gasteiger charge is -2.28. The van der Waals surface area contributed by atoms with Gasteiger partial charge in [0.2, 0.25) is 0 Å². The third-order valence-corrected chi connectivity index (χ3v) is 5.91. The van der Waals surface area contributed by atoms with Gasteiger partial charge in [0.1, 0.15) is 12.4 Å². The van der Waals surface area contributed by atoms with Gasteiger partial charge in [-0.3, -0.25) is 9.63 Å². The van der Waals surface area contributed by atoms with E-state index in [1.54, 1.807) is 7.11 Å². The van der Waals surface area contributed by atoms with Crippen LogP contribution in [0.2, 0.25) is 0 Å². The van der Waals surface area contributed by atoms with E-state index in [0.29, 0.717) is 26.2 Å². The van der Waals surface area contributed by atoms with Crippen LogP contribution in [0.15, 0.2) is 36.4 Å². The Bertz CT molecular complexity index is 728. The van der Waals surface area contributed by atoms with Gasteiger partial charge in [-0.15, -0.1) is 5.06 Å². The summed E-state index contributed by atoms with van der Waals surface area (Å²) in [4.78, 5) is 18.2. The second-order valence-corrected chi connectivity index (χ2v) is 8.00. The van der Waals surface area contributed by atoms with E-state index in [4.69, 9.17) is 23.8 Å². The minimum absolute atomic E-state index is 0.0463. The largest absolute Gasteiger partial charge is 0.497 e. The van der Waals surface area contributed by atoms with Crippen LogP contribution in [0.3, 0.4) is 0 Å². The molecular formula is C23H31NO6. The SMILES string of the molecule is COc1ccc(C2ON2C2CCCC3(CCCC=CCOC(=O)C2)OCCO3)cc1. The summed E-state index contributed by atoms with van der Waals surface area (Å²) in [7, 11) is 1.65. The Morgan fingerprint density at radius 1 is 1.07 bits per heavy atom. The normalized spacial score (nSPS) is 29.9. The van der Waals surface area contributed by atoms with Gasteiger partial charge in [0.25, 0.3) is 0 Å². The number of cyclic esters (lactones) is 1. The van der Waals surface area contributed by atoms with Crippen LogP contribution in [-0.2, 0) is 23.8 Å². The van der Waals surface area contributed by atoms with Crippen molar-refractivity contribution in [3.8, 4) is 5.75 Å². The third-order valence-electron chi connectivity index (χ3n) is 5.91. The Balaban J connectivity index is 1.41. The molecule has 1 aromatic rings. The molecule has 2 fully saturated rings. The summed E-state index contributed by atoms with van der Waals surface area (Å²) in [5.41, 5.74) is 1.05. The molecular weight excluding hydrogens is 386 g/mol. The van der Waals surface area contributed by atoms with Gasteiger partial charge in [-0.25, -0.2) is 0 Å². The fourth-order valence-corrected chi connectivity index (χ4v) is 4.25. The van der Waals surface area contributed by atoms with Crippen molar-refractivity contribution in [3.63, 3.8) is 0 Å². The summed E-state index contributed by atoms with van der Waals surface area (Å²) in [5, 5.41) is 1.91. The molecule has 0 saturated carbocycles. The van der Waals surface area contributed by atoms with E-state index in [1.807, 2.05) is 35.4 Å². The maximum atomic E-state index is 12.4. The van der Waals surface area contributed by atoms with Crippen LogP contribution in [0, 0.1) is 0 Å². The molecule has 7 nitrogen and oxygen atoms in total. The van der Waals surface area contributed by atoms with Crippen molar-refractivity contribution in [2.45, 2.75) is 63.0 Å². The quantitative estimate of drug-likeness (QED) is 0.420. The van der Waals surface area contributed by atoms with Crippen LogP contribution in [-0.4, -0.2) is 49.8 Å². The van der Waals surface area contributed by atoms with Crippen molar-refractivity contribution >= 4 is 5.97 Å². The topological polar surface area (TPSA) is 69.5 Å². The predicted octanol–water partition coefficient (Wildman–Crippen LogP) is 3.90. The summed E-state index contributed by atoms with van der Waals surface area (Å²) < 4.78 is 22.6. The van der Waals surface area contributed by atoms with Crippen molar-refractivity contribution in [3.05, 3.63) is 42.0 Å². The molecule has 0 aliphatic carbocycles. The Hall–Kier alpha value is -1.93. The van der Waals surface area contributed by atoms with Crippen LogP contribution in [0.1, 0.15) is 56.7 Å². The van der Waals surface area contributed by atoms with Crippen LogP contribution in [0.4, 0.5) is 0 Å². The van der Waals surface area contributed by atoms with Crippen molar-refractivity contribution in [2.75, 3.05) is 26.9 Å². The zero-order valence-electron chi connectivity index (χ0n) is 17.6. The van der Waals surface area contributed by atoms with Crippen LogP contribution < -0.4 is 4.74 Å². The van der Waals surface area contributed by atoms with Gasteiger partial charge < -0.3 is 18.9 Å². The minimum atomic E-state index is -0.474. The molecule has 0 bridgehead atoms. The lowest BCUT2D eigenvalue weighted by molar-refractivity contribution is -0.168. The summed E-state index contributed by atoms with van der Waals surface area (Å²) in [6.07, 6.45) is 9.47. The van der Waals surface area contributed by atoms with Crippen LogP contribution in [0.25, 0.3) is 0 Å². The van der Waals surface area contributed by atoms with E-state index in [-0.39, 0.29) is 18.2 Å². The van der Waals surface area contributed by atoms with E-state index >= 15 is 0 Å². The van der Waals surface area contributed by atoms with Crippen molar-refractivity contribution < 1.29 is 28.6 Å². The van der Waals surface area contributed by atoms with E-state index in [0.717, 1.165) is 49.8 Å². The average molecular weight is 418 g/mol. The fourth-order valence-electron chi connectivity index (χ4n) is 4.25. The highest BCUT2D eigenvalue weighted by Crippen LogP contribution is 2.42. The molecule has 3 aliphatic heterocycles.